The van der Waals surface area contributed by atoms with Gasteiger partial charge in [-0.3, -0.25) is 4.79 Å². The second-order valence-electron chi connectivity index (χ2n) is 3.77. The lowest BCUT2D eigenvalue weighted by Crippen LogP contribution is -2.42. The average Bonchev–Trinajstić information content (AvgIpc) is 2.65. The van der Waals surface area contributed by atoms with Crippen molar-refractivity contribution in [2.75, 3.05) is 13.1 Å². The highest BCUT2D eigenvalue weighted by Crippen LogP contribution is 2.22. The SMILES string of the molecule is Cl.NC1CCN(C(=O)c2csc(Br)c2)CC1. The van der Waals surface area contributed by atoms with Crippen LogP contribution < -0.4 is 5.73 Å². The Morgan fingerprint density at radius 3 is 2.62 bits per heavy atom. The van der Waals surface area contributed by atoms with Crippen molar-refractivity contribution in [1.82, 2.24) is 4.90 Å². The number of piperidine rings is 1. The highest BCUT2D eigenvalue weighted by molar-refractivity contribution is 9.11. The van der Waals surface area contributed by atoms with Crippen LogP contribution in [0.25, 0.3) is 0 Å². The molecule has 3 nitrogen and oxygen atoms in total. The lowest BCUT2D eigenvalue weighted by molar-refractivity contribution is 0.0715. The number of hydrogen-bond donors (Lipinski definition) is 1. The molecule has 0 aliphatic carbocycles. The first-order valence-electron chi connectivity index (χ1n) is 4.95. The van der Waals surface area contributed by atoms with Crippen LogP contribution in [0.15, 0.2) is 15.2 Å². The van der Waals surface area contributed by atoms with E-state index in [4.69, 9.17) is 5.73 Å². The molecule has 0 spiro atoms. The summed E-state index contributed by atoms with van der Waals surface area (Å²) in [6.45, 7) is 1.57. The van der Waals surface area contributed by atoms with Crippen molar-refractivity contribution in [1.29, 1.82) is 0 Å². The van der Waals surface area contributed by atoms with E-state index in [1.54, 1.807) is 11.3 Å². The van der Waals surface area contributed by atoms with Gasteiger partial charge in [0.05, 0.1) is 9.35 Å². The molecule has 0 bridgehead atoms. The van der Waals surface area contributed by atoms with Crippen molar-refractivity contribution in [3.8, 4) is 0 Å². The number of nitrogens with zero attached hydrogens (tertiary/aromatic N) is 1. The first-order valence-corrected chi connectivity index (χ1v) is 6.63. The van der Waals surface area contributed by atoms with E-state index >= 15 is 0 Å². The third-order valence-corrected chi connectivity index (χ3v) is 4.15. The van der Waals surface area contributed by atoms with Gasteiger partial charge in [-0.1, -0.05) is 0 Å². The number of hydrogen-bond acceptors (Lipinski definition) is 3. The fraction of sp³-hybridized carbons (Fsp3) is 0.500. The van der Waals surface area contributed by atoms with Crippen LogP contribution in [0.5, 0.6) is 0 Å². The minimum absolute atomic E-state index is 0. The van der Waals surface area contributed by atoms with Gasteiger partial charge >= 0.3 is 0 Å². The normalized spacial score (nSPS) is 17.0. The number of nitrogens with two attached hydrogens (primary N) is 1. The molecule has 0 radical (unpaired) electrons. The quantitative estimate of drug-likeness (QED) is 0.862. The summed E-state index contributed by atoms with van der Waals surface area (Å²) in [5.74, 6) is 0.129. The van der Waals surface area contributed by atoms with Gasteiger partial charge in [0.1, 0.15) is 0 Å². The number of rotatable bonds is 1. The maximum atomic E-state index is 12.0. The largest absolute Gasteiger partial charge is 0.339 e. The molecule has 1 saturated heterocycles. The minimum Gasteiger partial charge on any atom is -0.339 e. The van der Waals surface area contributed by atoms with Crippen molar-refractivity contribution >= 4 is 45.6 Å². The first-order chi connectivity index (χ1) is 7.16. The van der Waals surface area contributed by atoms with Gasteiger partial charge in [0.15, 0.2) is 0 Å². The van der Waals surface area contributed by atoms with E-state index in [2.05, 4.69) is 15.9 Å². The zero-order chi connectivity index (χ0) is 10.8. The van der Waals surface area contributed by atoms with Gasteiger partial charge in [-0.15, -0.1) is 23.7 Å². The molecule has 1 aliphatic heterocycles. The molecule has 6 heteroatoms. The molecule has 0 unspecified atom stereocenters. The number of likely N-dealkylation sites (tertiary alicyclic amines) is 1. The summed E-state index contributed by atoms with van der Waals surface area (Å²) >= 11 is 4.90. The van der Waals surface area contributed by atoms with Gasteiger partial charge in [-0.25, -0.2) is 0 Å². The smallest absolute Gasteiger partial charge is 0.254 e. The van der Waals surface area contributed by atoms with E-state index in [1.807, 2.05) is 16.3 Å². The van der Waals surface area contributed by atoms with Crippen LogP contribution in [0.1, 0.15) is 23.2 Å². The zero-order valence-electron chi connectivity index (χ0n) is 8.69. The van der Waals surface area contributed by atoms with Gasteiger partial charge < -0.3 is 10.6 Å². The predicted octanol–water partition coefficient (Wildman–Crippen LogP) is 2.50. The second-order valence-corrected chi connectivity index (χ2v) is 6.06. The summed E-state index contributed by atoms with van der Waals surface area (Å²) in [4.78, 5) is 13.9. The molecular formula is C10H14BrClN2OS. The van der Waals surface area contributed by atoms with Crippen molar-refractivity contribution in [2.24, 2.45) is 5.73 Å². The molecule has 2 rings (SSSR count). The van der Waals surface area contributed by atoms with Crippen molar-refractivity contribution in [2.45, 2.75) is 18.9 Å². The molecule has 0 atom stereocenters. The summed E-state index contributed by atoms with van der Waals surface area (Å²) in [7, 11) is 0. The maximum absolute atomic E-state index is 12.0. The van der Waals surface area contributed by atoms with Crippen LogP contribution >= 0.6 is 39.7 Å². The fourth-order valence-corrected chi connectivity index (χ4v) is 2.84. The summed E-state index contributed by atoms with van der Waals surface area (Å²) in [5, 5.41) is 1.89. The third kappa shape index (κ3) is 3.20. The molecule has 2 heterocycles. The Hall–Kier alpha value is -0.100. The molecule has 90 valence electrons. The molecule has 1 aromatic heterocycles. The molecule has 1 aromatic rings. The molecule has 1 fully saturated rings. The molecule has 1 aliphatic rings. The standard InChI is InChI=1S/C10H13BrN2OS.ClH/c11-9-5-7(6-15-9)10(14)13-3-1-8(12)2-4-13;/h5-6,8H,1-4,12H2;1H. The minimum atomic E-state index is 0. The highest BCUT2D eigenvalue weighted by Gasteiger charge is 2.22. The number of carbonyl (C=O) groups excluding carboxylic acids is 1. The van der Waals surface area contributed by atoms with Crippen LogP contribution in [0.4, 0.5) is 0 Å². The molecular weight excluding hydrogens is 312 g/mol. The molecule has 0 aromatic carbocycles. The monoisotopic (exact) mass is 324 g/mol. The molecule has 16 heavy (non-hydrogen) atoms. The topological polar surface area (TPSA) is 46.3 Å². The van der Waals surface area contributed by atoms with Gasteiger partial charge in [0.2, 0.25) is 0 Å². The van der Waals surface area contributed by atoms with Crippen LogP contribution in [0.3, 0.4) is 0 Å². The van der Waals surface area contributed by atoms with E-state index in [0.717, 1.165) is 35.3 Å². The van der Waals surface area contributed by atoms with Gasteiger partial charge in [0.25, 0.3) is 5.91 Å². The van der Waals surface area contributed by atoms with Crippen molar-refractivity contribution < 1.29 is 4.79 Å². The predicted molar refractivity (Wildman–Crippen MR) is 72.4 cm³/mol. The van der Waals surface area contributed by atoms with Gasteiger partial charge in [-0.2, -0.15) is 0 Å². The highest BCUT2D eigenvalue weighted by atomic mass is 79.9. The van der Waals surface area contributed by atoms with E-state index in [9.17, 15) is 4.79 Å². The average molecular weight is 326 g/mol. The van der Waals surface area contributed by atoms with Crippen LogP contribution in [-0.4, -0.2) is 29.9 Å². The summed E-state index contributed by atoms with van der Waals surface area (Å²) in [6.07, 6.45) is 1.83. The number of carbonyl (C=O) groups is 1. The lowest BCUT2D eigenvalue weighted by Gasteiger charge is -2.29. The van der Waals surface area contributed by atoms with E-state index in [0.29, 0.717) is 0 Å². The Morgan fingerprint density at radius 2 is 2.12 bits per heavy atom. The number of halogens is 2. The summed E-state index contributed by atoms with van der Waals surface area (Å²) in [5.41, 5.74) is 6.58. The van der Waals surface area contributed by atoms with Crippen molar-refractivity contribution in [3.05, 3.63) is 20.8 Å². The fourth-order valence-electron chi connectivity index (χ4n) is 1.71. The van der Waals surface area contributed by atoms with E-state index in [1.165, 1.54) is 0 Å². The van der Waals surface area contributed by atoms with Crippen molar-refractivity contribution in [3.63, 3.8) is 0 Å². The van der Waals surface area contributed by atoms with Crippen LogP contribution in [0, 0.1) is 0 Å². The third-order valence-electron chi connectivity index (χ3n) is 2.64. The second kappa shape index (κ2) is 6.00. The van der Waals surface area contributed by atoms with Gasteiger partial charge in [-0.05, 0) is 34.8 Å². The molecule has 0 saturated carbocycles. The lowest BCUT2D eigenvalue weighted by atomic mass is 10.1. The van der Waals surface area contributed by atoms with E-state index < -0.39 is 0 Å². The Bertz CT molecular complexity index is 363. The Morgan fingerprint density at radius 1 is 1.50 bits per heavy atom. The molecule has 2 N–H and O–H groups in total. The Labute approximate surface area is 114 Å². The van der Waals surface area contributed by atoms with E-state index in [-0.39, 0.29) is 24.4 Å². The Balaban J connectivity index is 0.00000128. The Kier molecular flexibility index (Phi) is 5.24. The van der Waals surface area contributed by atoms with Crippen LogP contribution in [-0.2, 0) is 0 Å². The van der Waals surface area contributed by atoms with Crippen LogP contribution in [0.2, 0.25) is 0 Å². The number of amides is 1. The maximum Gasteiger partial charge on any atom is 0.254 e. The van der Waals surface area contributed by atoms with Gasteiger partial charge in [0, 0.05) is 24.5 Å². The summed E-state index contributed by atoms with van der Waals surface area (Å²) in [6, 6.07) is 2.14. The summed E-state index contributed by atoms with van der Waals surface area (Å²) < 4.78 is 1.000. The zero-order valence-corrected chi connectivity index (χ0v) is 11.9. The number of thiophene rings is 1. The first kappa shape index (κ1) is 14.0. The molecule has 1 amide bonds.